The average Bonchev–Trinajstić information content (AvgIpc) is 3.24. The van der Waals surface area contributed by atoms with Crippen LogP contribution < -0.4 is 0 Å². The lowest BCUT2D eigenvalue weighted by Crippen LogP contribution is -2.64. The highest BCUT2D eigenvalue weighted by atomic mass is 31.2. The fourth-order valence-electron chi connectivity index (χ4n) is 6.56. The first-order valence-corrected chi connectivity index (χ1v) is 24.6. The molecule has 1 rings (SSSR count). The third kappa shape index (κ3) is 29.5. The van der Waals surface area contributed by atoms with Crippen LogP contribution in [0.25, 0.3) is 0 Å². The summed E-state index contributed by atoms with van der Waals surface area (Å²) in [7, 11) is -5.13. The molecule has 0 aromatic rings. The van der Waals surface area contributed by atoms with Crippen molar-refractivity contribution in [3.8, 4) is 0 Å². The molecule has 0 spiro atoms. The van der Waals surface area contributed by atoms with Crippen molar-refractivity contribution >= 4 is 19.8 Å². The Morgan fingerprint density at radius 2 is 0.885 bits per heavy atom. The number of aliphatic hydroxyl groups is 5. The smallest absolute Gasteiger partial charge is 0.462 e. The second-order valence-electron chi connectivity index (χ2n) is 15.9. The van der Waals surface area contributed by atoms with E-state index in [1.165, 1.54) is 38.5 Å². The molecule has 13 nitrogen and oxygen atoms in total. The molecule has 352 valence electrons. The summed E-state index contributed by atoms with van der Waals surface area (Å²) in [5.41, 5.74) is 0. The number of carbonyl (C=O) groups is 2. The summed E-state index contributed by atoms with van der Waals surface area (Å²) in [6.45, 7) is 3.20. The van der Waals surface area contributed by atoms with Gasteiger partial charge in [0.15, 0.2) is 6.10 Å². The number of rotatable bonds is 37. The molecule has 1 fully saturated rings. The van der Waals surface area contributed by atoms with Gasteiger partial charge in [-0.25, -0.2) is 4.57 Å². The lowest BCUT2D eigenvalue weighted by Gasteiger charge is -2.41. The van der Waals surface area contributed by atoms with E-state index in [-0.39, 0.29) is 12.8 Å². The molecular weight excluding hydrogens is 803 g/mol. The predicted molar refractivity (Wildman–Crippen MR) is 239 cm³/mol. The fourth-order valence-corrected chi connectivity index (χ4v) is 7.53. The van der Waals surface area contributed by atoms with Crippen LogP contribution in [-0.4, -0.2) is 98.3 Å². The van der Waals surface area contributed by atoms with Gasteiger partial charge in [-0.15, -0.1) is 0 Å². The SMILES string of the molecule is CCCCC/C=C/C/C=C/C/C=C/CCCCC(=O)O[C@@H](COC(=O)CCCCCCCCC/C=C/C/C=C/CCCCC)COP(=O)(O)OC1C(O)C(O)C(O)[C@H](O)C1O. The Bertz CT molecular complexity index is 1300. The number of allylic oxidation sites excluding steroid dienone is 10. The Morgan fingerprint density at radius 3 is 1.38 bits per heavy atom. The molecule has 0 heterocycles. The van der Waals surface area contributed by atoms with Crippen molar-refractivity contribution < 1.29 is 63.1 Å². The van der Waals surface area contributed by atoms with Crippen LogP contribution in [-0.2, 0) is 32.7 Å². The van der Waals surface area contributed by atoms with Gasteiger partial charge >= 0.3 is 19.8 Å². The summed E-state index contributed by atoms with van der Waals surface area (Å²) in [6, 6.07) is 0. The molecule has 0 amide bonds. The number of hydrogen-bond acceptors (Lipinski definition) is 12. The topological polar surface area (TPSA) is 210 Å². The number of phosphoric ester groups is 1. The highest BCUT2D eigenvalue weighted by molar-refractivity contribution is 7.47. The maximum Gasteiger partial charge on any atom is 0.472 e. The van der Waals surface area contributed by atoms with Crippen molar-refractivity contribution in [2.45, 2.75) is 211 Å². The second-order valence-corrected chi connectivity index (χ2v) is 17.3. The van der Waals surface area contributed by atoms with Gasteiger partial charge in [-0.1, -0.05) is 132 Å². The molecule has 0 bridgehead atoms. The fraction of sp³-hybridized carbons (Fsp3) is 0.745. The van der Waals surface area contributed by atoms with Gasteiger partial charge in [0, 0.05) is 12.8 Å². The van der Waals surface area contributed by atoms with Crippen molar-refractivity contribution in [1.29, 1.82) is 0 Å². The molecule has 1 aliphatic rings. The minimum atomic E-state index is -5.13. The maximum absolute atomic E-state index is 12.8. The van der Waals surface area contributed by atoms with E-state index in [4.69, 9.17) is 18.5 Å². The highest BCUT2D eigenvalue weighted by Crippen LogP contribution is 2.47. The van der Waals surface area contributed by atoms with E-state index in [0.29, 0.717) is 12.8 Å². The number of carbonyl (C=O) groups excluding carboxylic acids is 2. The normalized spacial score (nSPS) is 22.6. The number of esters is 2. The van der Waals surface area contributed by atoms with Crippen LogP contribution >= 0.6 is 7.82 Å². The molecule has 0 saturated heterocycles. The minimum Gasteiger partial charge on any atom is -0.462 e. The van der Waals surface area contributed by atoms with Crippen molar-refractivity contribution in [2.75, 3.05) is 13.2 Å². The third-order valence-electron chi connectivity index (χ3n) is 10.3. The van der Waals surface area contributed by atoms with E-state index in [1.807, 2.05) is 0 Å². The van der Waals surface area contributed by atoms with Crippen molar-refractivity contribution in [1.82, 2.24) is 0 Å². The van der Waals surface area contributed by atoms with Crippen LogP contribution in [0.2, 0.25) is 0 Å². The van der Waals surface area contributed by atoms with E-state index >= 15 is 0 Å². The van der Waals surface area contributed by atoms with Gasteiger partial charge < -0.3 is 39.9 Å². The van der Waals surface area contributed by atoms with Gasteiger partial charge in [0.25, 0.3) is 0 Å². The van der Waals surface area contributed by atoms with Gasteiger partial charge in [-0.05, 0) is 83.5 Å². The van der Waals surface area contributed by atoms with E-state index in [1.54, 1.807) is 0 Å². The lowest BCUT2D eigenvalue weighted by molar-refractivity contribution is -0.220. The standard InChI is InChI=1S/C47H81O13P/c1-3-5-7-9-11-13-15-17-19-20-22-23-25-27-29-31-33-35-40(48)57-37-39(38-58-61(55,56)60-47-45(53)43(51)42(50)44(52)46(47)54)59-41(49)36-34-32-30-28-26-24-21-18-16-14-12-10-8-6-4-2/h11-14,17-19,21,26,28,39,42-47,50-54H,3-10,15-16,20,22-25,27,29-38H2,1-2H3,(H,55,56)/b13-11+,14-12+,19-17+,21-18+,28-26+/t39-,42?,43-,44?,45?,46?,47?/m0/s1. The summed E-state index contributed by atoms with van der Waals surface area (Å²) in [6.07, 6.45) is 31.3. The van der Waals surface area contributed by atoms with Crippen LogP contribution in [0.4, 0.5) is 0 Å². The Labute approximate surface area is 366 Å². The highest BCUT2D eigenvalue weighted by Gasteiger charge is 2.51. The molecule has 0 aromatic heterocycles. The minimum absolute atomic E-state index is 0.0438. The average molecular weight is 885 g/mol. The zero-order valence-corrected chi connectivity index (χ0v) is 38.1. The molecule has 0 aromatic carbocycles. The van der Waals surface area contributed by atoms with Crippen LogP contribution in [0.1, 0.15) is 168 Å². The van der Waals surface area contributed by atoms with Crippen LogP contribution in [0.3, 0.4) is 0 Å². The number of hydrogen-bond donors (Lipinski definition) is 6. The Hall–Kier alpha value is -2.45. The summed E-state index contributed by atoms with van der Waals surface area (Å²) in [5, 5.41) is 50.1. The zero-order chi connectivity index (χ0) is 45.0. The summed E-state index contributed by atoms with van der Waals surface area (Å²) in [4.78, 5) is 35.7. The first-order chi connectivity index (χ1) is 29.4. The molecule has 6 unspecified atom stereocenters. The predicted octanol–water partition coefficient (Wildman–Crippen LogP) is 8.94. The van der Waals surface area contributed by atoms with Gasteiger partial charge in [-0.3, -0.25) is 18.6 Å². The molecule has 1 aliphatic carbocycles. The van der Waals surface area contributed by atoms with Gasteiger partial charge in [0.2, 0.25) is 0 Å². The maximum atomic E-state index is 12.8. The van der Waals surface area contributed by atoms with Crippen LogP contribution in [0, 0.1) is 0 Å². The third-order valence-corrected chi connectivity index (χ3v) is 11.3. The molecule has 1 saturated carbocycles. The molecule has 0 radical (unpaired) electrons. The van der Waals surface area contributed by atoms with E-state index in [9.17, 15) is 44.6 Å². The monoisotopic (exact) mass is 885 g/mol. The Balaban J connectivity index is 2.50. The van der Waals surface area contributed by atoms with Crippen molar-refractivity contribution in [2.24, 2.45) is 0 Å². The van der Waals surface area contributed by atoms with Crippen LogP contribution in [0.5, 0.6) is 0 Å². The molecule has 6 N–H and O–H groups in total. The first kappa shape index (κ1) is 56.6. The Kier molecular flexibility index (Phi) is 34.3. The summed E-state index contributed by atoms with van der Waals surface area (Å²) in [5.74, 6) is -1.16. The van der Waals surface area contributed by atoms with E-state index in [0.717, 1.165) is 89.9 Å². The van der Waals surface area contributed by atoms with Gasteiger partial charge in [0.1, 0.15) is 43.2 Å². The van der Waals surface area contributed by atoms with Crippen LogP contribution in [0.15, 0.2) is 60.8 Å². The Morgan fingerprint density at radius 1 is 0.508 bits per heavy atom. The van der Waals surface area contributed by atoms with Crippen molar-refractivity contribution in [3.63, 3.8) is 0 Å². The summed E-state index contributed by atoms with van der Waals surface area (Å²) < 4.78 is 33.5. The number of unbranched alkanes of at least 4 members (excludes halogenated alkanes) is 15. The lowest BCUT2D eigenvalue weighted by atomic mass is 9.85. The van der Waals surface area contributed by atoms with Crippen molar-refractivity contribution in [3.05, 3.63) is 60.8 Å². The largest absolute Gasteiger partial charge is 0.472 e. The van der Waals surface area contributed by atoms with Gasteiger partial charge in [0.05, 0.1) is 6.61 Å². The molecule has 0 aliphatic heterocycles. The first-order valence-electron chi connectivity index (χ1n) is 23.1. The molecular formula is C47H81O13P. The molecule has 8 atom stereocenters. The molecule has 61 heavy (non-hydrogen) atoms. The van der Waals surface area contributed by atoms with E-state index < -0.39 is 75.7 Å². The second kappa shape index (κ2) is 37.0. The van der Waals surface area contributed by atoms with Gasteiger partial charge in [-0.2, -0.15) is 0 Å². The number of ether oxygens (including phenoxy) is 2. The zero-order valence-electron chi connectivity index (χ0n) is 37.2. The quantitative estimate of drug-likeness (QED) is 0.0149. The van der Waals surface area contributed by atoms with E-state index in [2.05, 4.69) is 74.6 Å². The number of phosphoric acid groups is 1. The summed E-state index contributed by atoms with van der Waals surface area (Å²) >= 11 is 0. The number of aliphatic hydroxyl groups excluding tert-OH is 5. The molecule has 14 heteroatoms.